The van der Waals surface area contributed by atoms with Gasteiger partial charge in [-0.2, -0.15) is 0 Å². The Morgan fingerprint density at radius 1 is 1.12 bits per heavy atom. The van der Waals surface area contributed by atoms with Crippen LogP contribution in [-0.4, -0.2) is 34.2 Å². The average Bonchev–Trinajstić information content (AvgIpc) is 3.05. The van der Waals surface area contributed by atoms with Crippen LogP contribution in [0.1, 0.15) is 30.8 Å². The molecule has 2 N–H and O–H groups in total. The topological polar surface area (TPSA) is 66.6 Å². The Bertz CT molecular complexity index is 909. The lowest BCUT2D eigenvalue weighted by molar-refractivity contribution is 0.508. The Labute approximate surface area is 154 Å². The van der Waals surface area contributed by atoms with Crippen molar-refractivity contribution in [2.75, 3.05) is 13.6 Å². The van der Waals surface area contributed by atoms with Crippen LogP contribution >= 0.6 is 0 Å². The molecule has 2 heterocycles. The SMILES string of the molecule is CN=C(NCc1nnc2ccccn12)NCC(C)(C)c1cccc(C)c1. The first-order valence-corrected chi connectivity index (χ1v) is 8.80. The molecule has 1 aromatic carbocycles. The minimum absolute atomic E-state index is 0.00873. The smallest absolute Gasteiger partial charge is 0.191 e. The monoisotopic (exact) mass is 350 g/mol. The quantitative estimate of drug-likeness (QED) is 0.548. The fourth-order valence-corrected chi connectivity index (χ4v) is 2.87. The third-order valence-electron chi connectivity index (χ3n) is 4.52. The second-order valence-corrected chi connectivity index (χ2v) is 7.08. The van der Waals surface area contributed by atoms with Crippen LogP contribution in [0.2, 0.25) is 0 Å². The van der Waals surface area contributed by atoms with Crippen molar-refractivity contribution in [3.8, 4) is 0 Å². The van der Waals surface area contributed by atoms with E-state index in [0.29, 0.717) is 6.54 Å². The van der Waals surface area contributed by atoms with Crippen molar-refractivity contribution in [2.45, 2.75) is 32.7 Å². The van der Waals surface area contributed by atoms with Gasteiger partial charge in [-0.15, -0.1) is 10.2 Å². The summed E-state index contributed by atoms with van der Waals surface area (Å²) in [7, 11) is 1.77. The molecule has 6 nitrogen and oxygen atoms in total. The van der Waals surface area contributed by atoms with E-state index in [1.54, 1.807) is 7.05 Å². The Balaban J connectivity index is 1.61. The van der Waals surface area contributed by atoms with E-state index in [0.717, 1.165) is 24.0 Å². The minimum atomic E-state index is -0.00873. The van der Waals surface area contributed by atoms with Gasteiger partial charge in [0.05, 0.1) is 6.54 Å². The number of guanidine groups is 1. The molecule has 0 atom stereocenters. The Morgan fingerprint density at radius 3 is 2.73 bits per heavy atom. The summed E-state index contributed by atoms with van der Waals surface area (Å²) in [4.78, 5) is 4.32. The summed E-state index contributed by atoms with van der Waals surface area (Å²) in [6.45, 7) is 7.91. The molecule has 0 unspecified atom stereocenters. The van der Waals surface area contributed by atoms with E-state index in [9.17, 15) is 0 Å². The molecule has 136 valence electrons. The van der Waals surface area contributed by atoms with Crippen LogP contribution in [-0.2, 0) is 12.0 Å². The van der Waals surface area contributed by atoms with Gasteiger partial charge in [0, 0.05) is 25.2 Å². The maximum absolute atomic E-state index is 4.32. The molecule has 0 aliphatic heterocycles. The highest BCUT2D eigenvalue weighted by Gasteiger charge is 2.21. The lowest BCUT2D eigenvalue weighted by Gasteiger charge is -2.27. The zero-order chi connectivity index (χ0) is 18.6. The van der Waals surface area contributed by atoms with Crippen LogP contribution in [0, 0.1) is 6.92 Å². The van der Waals surface area contributed by atoms with Gasteiger partial charge in [0.25, 0.3) is 0 Å². The average molecular weight is 350 g/mol. The Morgan fingerprint density at radius 2 is 1.96 bits per heavy atom. The predicted octanol–water partition coefficient (Wildman–Crippen LogP) is 2.68. The summed E-state index contributed by atoms with van der Waals surface area (Å²) < 4.78 is 1.97. The van der Waals surface area contributed by atoms with E-state index in [-0.39, 0.29) is 5.41 Å². The van der Waals surface area contributed by atoms with E-state index in [1.807, 2.05) is 28.8 Å². The molecule has 0 spiro atoms. The number of aliphatic imine (C=N–C) groups is 1. The molecule has 6 heteroatoms. The molecular formula is C20H26N6. The number of rotatable bonds is 5. The molecule has 0 aliphatic carbocycles. The number of hydrogen-bond donors (Lipinski definition) is 2. The van der Waals surface area contributed by atoms with Crippen LogP contribution in [0.15, 0.2) is 53.7 Å². The number of nitrogens with zero attached hydrogens (tertiary/aromatic N) is 4. The number of pyridine rings is 1. The highest BCUT2D eigenvalue weighted by molar-refractivity contribution is 5.79. The number of benzene rings is 1. The molecule has 0 amide bonds. The van der Waals surface area contributed by atoms with E-state index in [2.05, 4.69) is 70.9 Å². The molecule has 0 fully saturated rings. The maximum atomic E-state index is 4.32. The third-order valence-corrected chi connectivity index (χ3v) is 4.52. The highest BCUT2D eigenvalue weighted by atomic mass is 15.3. The van der Waals surface area contributed by atoms with Gasteiger partial charge < -0.3 is 10.6 Å². The molecule has 2 aromatic heterocycles. The predicted molar refractivity (Wildman–Crippen MR) is 105 cm³/mol. The van der Waals surface area contributed by atoms with E-state index in [4.69, 9.17) is 0 Å². The van der Waals surface area contributed by atoms with Crippen LogP contribution in [0.4, 0.5) is 0 Å². The Kier molecular flexibility index (Phi) is 5.21. The van der Waals surface area contributed by atoms with Crippen molar-refractivity contribution < 1.29 is 0 Å². The maximum Gasteiger partial charge on any atom is 0.191 e. The van der Waals surface area contributed by atoms with Gasteiger partial charge >= 0.3 is 0 Å². The van der Waals surface area contributed by atoms with Gasteiger partial charge in [0.1, 0.15) is 0 Å². The summed E-state index contributed by atoms with van der Waals surface area (Å²) in [5.41, 5.74) is 3.42. The number of aryl methyl sites for hydroxylation is 1. The molecule has 0 aliphatic rings. The molecule has 0 radical (unpaired) electrons. The first-order chi connectivity index (χ1) is 12.5. The normalized spacial score (nSPS) is 12.4. The van der Waals surface area contributed by atoms with Gasteiger partial charge in [-0.05, 0) is 24.6 Å². The fourth-order valence-electron chi connectivity index (χ4n) is 2.87. The first-order valence-electron chi connectivity index (χ1n) is 8.80. The van der Waals surface area contributed by atoms with Crippen molar-refractivity contribution in [3.05, 3.63) is 65.6 Å². The lowest BCUT2D eigenvalue weighted by atomic mass is 9.84. The lowest BCUT2D eigenvalue weighted by Crippen LogP contribution is -2.43. The van der Waals surface area contributed by atoms with Crippen LogP contribution in [0.3, 0.4) is 0 Å². The summed E-state index contributed by atoms with van der Waals surface area (Å²) >= 11 is 0. The van der Waals surface area contributed by atoms with Gasteiger partial charge in [0.2, 0.25) is 0 Å². The summed E-state index contributed by atoms with van der Waals surface area (Å²) in [6.07, 6.45) is 1.96. The largest absolute Gasteiger partial charge is 0.356 e. The van der Waals surface area contributed by atoms with Crippen LogP contribution < -0.4 is 10.6 Å². The molecule has 3 rings (SSSR count). The number of hydrogen-bond acceptors (Lipinski definition) is 3. The zero-order valence-corrected chi connectivity index (χ0v) is 15.8. The molecule has 26 heavy (non-hydrogen) atoms. The van der Waals surface area contributed by atoms with Crippen molar-refractivity contribution in [1.82, 2.24) is 25.2 Å². The summed E-state index contributed by atoms with van der Waals surface area (Å²) in [5.74, 6) is 1.60. The van der Waals surface area contributed by atoms with Crippen molar-refractivity contribution in [3.63, 3.8) is 0 Å². The van der Waals surface area contributed by atoms with E-state index < -0.39 is 0 Å². The third kappa shape index (κ3) is 4.02. The van der Waals surface area contributed by atoms with Gasteiger partial charge in [-0.25, -0.2) is 0 Å². The molecular weight excluding hydrogens is 324 g/mol. The fraction of sp³-hybridized carbons (Fsp3) is 0.350. The Hall–Kier alpha value is -2.89. The summed E-state index contributed by atoms with van der Waals surface area (Å²) in [5, 5.41) is 15.1. The van der Waals surface area contributed by atoms with Gasteiger partial charge in [-0.3, -0.25) is 9.39 Å². The van der Waals surface area contributed by atoms with Crippen LogP contribution in [0.5, 0.6) is 0 Å². The highest BCUT2D eigenvalue weighted by Crippen LogP contribution is 2.22. The zero-order valence-electron chi connectivity index (χ0n) is 15.8. The second-order valence-electron chi connectivity index (χ2n) is 7.08. The van der Waals surface area contributed by atoms with E-state index in [1.165, 1.54) is 11.1 Å². The number of nitrogens with one attached hydrogen (secondary N) is 2. The second kappa shape index (κ2) is 7.56. The van der Waals surface area contributed by atoms with Crippen molar-refractivity contribution >= 4 is 11.6 Å². The molecule has 0 bridgehead atoms. The first kappa shape index (κ1) is 17.9. The van der Waals surface area contributed by atoms with Crippen LogP contribution in [0.25, 0.3) is 5.65 Å². The standard InChI is InChI=1S/C20H26N6/c1-15-8-7-9-16(12-15)20(2,3)14-23-19(21-4)22-13-18-25-24-17-10-5-6-11-26(17)18/h5-12H,13-14H2,1-4H3,(H2,21,22,23). The van der Waals surface area contributed by atoms with E-state index >= 15 is 0 Å². The number of fused-ring (bicyclic) bond motifs is 1. The molecule has 3 aromatic rings. The minimum Gasteiger partial charge on any atom is -0.356 e. The van der Waals surface area contributed by atoms with Gasteiger partial charge in [-0.1, -0.05) is 49.7 Å². The molecule has 0 saturated heterocycles. The van der Waals surface area contributed by atoms with Gasteiger partial charge in [0.15, 0.2) is 17.4 Å². The van der Waals surface area contributed by atoms with Crippen molar-refractivity contribution in [1.29, 1.82) is 0 Å². The summed E-state index contributed by atoms with van der Waals surface area (Å²) in [6, 6.07) is 14.5. The van der Waals surface area contributed by atoms with Crippen molar-refractivity contribution in [2.24, 2.45) is 4.99 Å². The molecule has 0 saturated carbocycles. The number of aromatic nitrogens is 3.